The van der Waals surface area contributed by atoms with Crippen LogP contribution in [0.3, 0.4) is 0 Å². The summed E-state index contributed by atoms with van der Waals surface area (Å²) in [5, 5.41) is 0. The maximum absolute atomic E-state index is 4.50. The van der Waals surface area contributed by atoms with Gasteiger partial charge in [-0.2, -0.15) is 0 Å². The summed E-state index contributed by atoms with van der Waals surface area (Å²) in [5.41, 5.74) is 1.29. The molecule has 0 saturated carbocycles. The van der Waals surface area contributed by atoms with Gasteiger partial charge in [0, 0.05) is 24.8 Å². The molecule has 114 valence electrons. The number of aromatic nitrogens is 7. The molecule has 0 saturated heterocycles. The molecule has 0 bridgehead atoms. The quantitative estimate of drug-likeness (QED) is 0.573. The van der Waals surface area contributed by atoms with Gasteiger partial charge in [-0.3, -0.25) is 9.97 Å². The Labute approximate surface area is 137 Å². The molecule has 24 heavy (non-hydrogen) atoms. The van der Waals surface area contributed by atoms with E-state index in [0.29, 0.717) is 34.7 Å². The van der Waals surface area contributed by atoms with E-state index in [2.05, 4.69) is 34.9 Å². The van der Waals surface area contributed by atoms with Gasteiger partial charge in [0.05, 0.1) is 0 Å². The highest BCUT2D eigenvalue weighted by Gasteiger charge is 2.14. The average molecular weight is 313 g/mol. The minimum Gasteiger partial charge on any atom is -0.253 e. The SMILES string of the molecule is c1ccc(-c2nc(-c3ccccn3)nc(-c3ncccn3)n2)nc1. The molecule has 4 rings (SSSR count). The Morgan fingerprint density at radius 1 is 0.417 bits per heavy atom. The van der Waals surface area contributed by atoms with Crippen LogP contribution in [-0.4, -0.2) is 34.9 Å². The highest BCUT2D eigenvalue weighted by Crippen LogP contribution is 2.20. The smallest absolute Gasteiger partial charge is 0.201 e. The Morgan fingerprint density at radius 3 is 1.42 bits per heavy atom. The van der Waals surface area contributed by atoms with E-state index in [9.17, 15) is 0 Å². The molecule has 4 aromatic heterocycles. The van der Waals surface area contributed by atoms with Crippen molar-refractivity contribution in [1.82, 2.24) is 34.9 Å². The van der Waals surface area contributed by atoms with Gasteiger partial charge in [0.2, 0.25) is 5.82 Å². The minimum absolute atomic E-state index is 0.381. The van der Waals surface area contributed by atoms with Crippen LogP contribution >= 0.6 is 0 Å². The normalized spacial score (nSPS) is 10.5. The van der Waals surface area contributed by atoms with Crippen molar-refractivity contribution in [2.75, 3.05) is 0 Å². The molecule has 7 nitrogen and oxygen atoms in total. The molecule has 7 heteroatoms. The molecule has 0 fully saturated rings. The Hall–Kier alpha value is -3.61. The third-order valence-corrected chi connectivity index (χ3v) is 3.19. The molecule has 0 spiro atoms. The summed E-state index contributed by atoms with van der Waals surface area (Å²) in [6.45, 7) is 0. The van der Waals surface area contributed by atoms with Gasteiger partial charge < -0.3 is 0 Å². The molecular weight excluding hydrogens is 302 g/mol. The van der Waals surface area contributed by atoms with Crippen LogP contribution in [0.1, 0.15) is 0 Å². The van der Waals surface area contributed by atoms with Gasteiger partial charge in [-0.1, -0.05) is 12.1 Å². The lowest BCUT2D eigenvalue weighted by molar-refractivity contribution is 1.01. The first-order valence-electron chi connectivity index (χ1n) is 7.26. The second-order valence-corrected chi connectivity index (χ2v) is 4.81. The van der Waals surface area contributed by atoms with Crippen LogP contribution < -0.4 is 0 Å². The van der Waals surface area contributed by atoms with Crippen LogP contribution in [0, 0.1) is 0 Å². The molecule has 4 heterocycles. The molecule has 0 aliphatic heterocycles. The maximum atomic E-state index is 4.50. The van der Waals surface area contributed by atoms with Gasteiger partial charge in [-0.25, -0.2) is 24.9 Å². The van der Waals surface area contributed by atoms with Crippen molar-refractivity contribution in [3.63, 3.8) is 0 Å². The summed E-state index contributed by atoms with van der Waals surface area (Å²) in [5.74, 6) is 1.71. The van der Waals surface area contributed by atoms with E-state index in [4.69, 9.17) is 0 Å². The first kappa shape index (κ1) is 14.0. The van der Waals surface area contributed by atoms with Crippen molar-refractivity contribution >= 4 is 0 Å². The topological polar surface area (TPSA) is 90.2 Å². The van der Waals surface area contributed by atoms with Crippen LogP contribution in [0.5, 0.6) is 0 Å². The van der Waals surface area contributed by atoms with Crippen molar-refractivity contribution < 1.29 is 0 Å². The second-order valence-electron chi connectivity index (χ2n) is 4.81. The van der Waals surface area contributed by atoms with Gasteiger partial charge in [0.1, 0.15) is 11.4 Å². The Balaban J connectivity index is 1.92. The second kappa shape index (κ2) is 6.25. The third kappa shape index (κ3) is 2.82. The highest BCUT2D eigenvalue weighted by molar-refractivity contribution is 5.59. The number of hydrogen-bond donors (Lipinski definition) is 0. The zero-order valence-electron chi connectivity index (χ0n) is 12.5. The standard InChI is InChI=1S/C17H11N7/c1-3-8-18-12(6-1)14-22-15(13-7-2-4-9-19-13)24-17(23-14)16-20-10-5-11-21-16/h1-11H. The van der Waals surface area contributed by atoms with Gasteiger partial charge >= 0.3 is 0 Å². The van der Waals surface area contributed by atoms with Crippen molar-refractivity contribution in [3.05, 3.63) is 67.3 Å². The van der Waals surface area contributed by atoms with E-state index in [0.717, 1.165) is 0 Å². The number of rotatable bonds is 3. The summed E-state index contributed by atoms with van der Waals surface area (Å²) in [7, 11) is 0. The molecule has 0 aliphatic rings. The fraction of sp³-hybridized carbons (Fsp3) is 0. The molecule has 0 amide bonds. The zero-order valence-corrected chi connectivity index (χ0v) is 12.5. The Morgan fingerprint density at radius 2 is 0.917 bits per heavy atom. The highest BCUT2D eigenvalue weighted by atomic mass is 15.1. The Bertz CT molecular complexity index is 805. The lowest BCUT2D eigenvalue weighted by Gasteiger charge is -2.06. The van der Waals surface area contributed by atoms with Crippen LogP contribution in [0.4, 0.5) is 0 Å². The van der Waals surface area contributed by atoms with E-state index < -0.39 is 0 Å². The van der Waals surface area contributed by atoms with E-state index in [1.54, 1.807) is 30.9 Å². The summed E-state index contributed by atoms with van der Waals surface area (Å²) in [4.78, 5) is 30.5. The van der Waals surface area contributed by atoms with Crippen LogP contribution in [-0.2, 0) is 0 Å². The molecule has 0 atom stereocenters. The fourth-order valence-corrected chi connectivity index (χ4v) is 2.11. The molecule has 0 radical (unpaired) electrons. The average Bonchev–Trinajstić information content (AvgIpc) is 2.70. The fourth-order valence-electron chi connectivity index (χ4n) is 2.11. The minimum atomic E-state index is 0.381. The lowest BCUT2D eigenvalue weighted by Crippen LogP contribution is -2.03. The van der Waals surface area contributed by atoms with E-state index in [1.807, 2.05) is 36.4 Å². The lowest BCUT2D eigenvalue weighted by atomic mass is 10.3. The van der Waals surface area contributed by atoms with Crippen molar-refractivity contribution in [1.29, 1.82) is 0 Å². The molecule has 0 aromatic carbocycles. The summed E-state index contributed by atoms with van der Waals surface area (Å²) in [6, 6.07) is 12.9. The Kier molecular flexibility index (Phi) is 3.65. The molecule has 4 aromatic rings. The first-order chi connectivity index (χ1) is 11.9. The molecule has 0 unspecified atom stereocenters. The van der Waals surface area contributed by atoms with Crippen LogP contribution in [0.25, 0.3) is 34.7 Å². The van der Waals surface area contributed by atoms with E-state index in [-0.39, 0.29) is 0 Å². The van der Waals surface area contributed by atoms with E-state index >= 15 is 0 Å². The van der Waals surface area contributed by atoms with E-state index in [1.165, 1.54) is 0 Å². The number of nitrogens with zero attached hydrogens (tertiary/aromatic N) is 7. The number of pyridine rings is 2. The van der Waals surface area contributed by atoms with Gasteiger partial charge in [0.25, 0.3) is 0 Å². The van der Waals surface area contributed by atoms with Crippen molar-refractivity contribution in [2.24, 2.45) is 0 Å². The zero-order chi connectivity index (χ0) is 16.2. The van der Waals surface area contributed by atoms with Gasteiger partial charge in [-0.15, -0.1) is 0 Å². The predicted molar refractivity (Wildman–Crippen MR) is 87.3 cm³/mol. The van der Waals surface area contributed by atoms with Crippen LogP contribution in [0.15, 0.2) is 67.3 Å². The van der Waals surface area contributed by atoms with Crippen molar-refractivity contribution in [2.45, 2.75) is 0 Å². The number of hydrogen-bond acceptors (Lipinski definition) is 7. The van der Waals surface area contributed by atoms with Crippen molar-refractivity contribution in [3.8, 4) is 34.7 Å². The largest absolute Gasteiger partial charge is 0.253 e. The molecule has 0 N–H and O–H groups in total. The molecular formula is C17H11N7. The van der Waals surface area contributed by atoms with Gasteiger partial charge in [0.15, 0.2) is 17.5 Å². The van der Waals surface area contributed by atoms with Crippen LogP contribution in [0.2, 0.25) is 0 Å². The summed E-state index contributed by atoms with van der Waals surface area (Å²) >= 11 is 0. The summed E-state index contributed by atoms with van der Waals surface area (Å²) in [6.07, 6.45) is 6.68. The predicted octanol–water partition coefficient (Wildman–Crippen LogP) is 2.45. The van der Waals surface area contributed by atoms with Gasteiger partial charge in [-0.05, 0) is 30.3 Å². The summed E-state index contributed by atoms with van der Waals surface area (Å²) < 4.78 is 0. The first-order valence-corrected chi connectivity index (χ1v) is 7.26. The third-order valence-electron chi connectivity index (χ3n) is 3.19. The monoisotopic (exact) mass is 313 g/mol. The maximum Gasteiger partial charge on any atom is 0.201 e. The molecule has 0 aliphatic carbocycles.